The summed E-state index contributed by atoms with van der Waals surface area (Å²) in [4.78, 5) is 24.7. The first-order chi connectivity index (χ1) is 15.6. The highest BCUT2D eigenvalue weighted by Crippen LogP contribution is 2.29. The first-order valence-electron chi connectivity index (χ1n) is 9.91. The Labute approximate surface area is 188 Å². The lowest BCUT2D eigenvalue weighted by molar-refractivity contribution is -0.113. The standard InChI is InChI=1S/C21H22N6O4S/c1-30-16-8-9-18(31-2)17(11-16)27-21(24-25-26-27)32-12-19(28)22-15-5-3-4-13(10-15)20(29)23-14-6-7-14/h3-5,8-11,14H,6-7,12H2,1-2H3,(H,22,28)(H,23,29). The van der Waals surface area contributed by atoms with Gasteiger partial charge in [-0.15, -0.1) is 5.10 Å². The molecule has 2 N–H and O–H groups in total. The van der Waals surface area contributed by atoms with Gasteiger partial charge in [0.2, 0.25) is 11.1 Å². The van der Waals surface area contributed by atoms with Crippen LogP contribution in [0, 0.1) is 0 Å². The Bertz CT molecular complexity index is 1130. The van der Waals surface area contributed by atoms with Crippen LogP contribution in [-0.4, -0.2) is 58.0 Å². The molecular weight excluding hydrogens is 432 g/mol. The largest absolute Gasteiger partial charge is 0.497 e. The number of tetrazole rings is 1. The first-order valence-corrected chi connectivity index (χ1v) is 10.9. The number of carbonyl (C=O) groups is 2. The molecule has 0 radical (unpaired) electrons. The molecule has 1 heterocycles. The van der Waals surface area contributed by atoms with Crippen LogP contribution in [0.4, 0.5) is 5.69 Å². The van der Waals surface area contributed by atoms with Gasteiger partial charge in [-0.2, -0.15) is 4.68 Å². The van der Waals surface area contributed by atoms with Crippen molar-refractivity contribution in [1.82, 2.24) is 25.5 Å². The van der Waals surface area contributed by atoms with Gasteiger partial charge in [0, 0.05) is 23.4 Å². The minimum atomic E-state index is -0.248. The molecule has 0 unspecified atom stereocenters. The van der Waals surface area contributed by atoms with Crippen molar-refractivity contribution in [3.8, 4) is 17.2 Å². The molecule has 0 bridgehead atoms. The second-order valence-corrected chi connectivity index (χ2v) is 8.02. The van der Waals surface area contributed by atoms with Crippen molar-refractivity contribution < 1.29 is 19.1 Å². The molecule has 1 saturated carbocycles. The lowest BCUT2D eigenvalue weighted by Gasteiger charge is -2.11. The molecular formula is C21H22N6O4S. The zero-order valence-corrected chi connectivity index (χ0v) is 18.4. The van der Waals surface area contributed by atoms with Gasteiger partial charge in [0.1, 0.15) is 17.2 Å². The van der Waals surface area contributed by atoms with E-state index in [1.165, 1.54) is 16.4 Å². The fourth-order valence-electron chi connectivity index (χ4n) is 2.94. The van der Waals surface area contributed by atoms with E-state index in [1.54, 1.807) is 56.7 Å². The highest BCUT2D eigenvalue weighted by Gasteiger charge is 2.24. The molecule has 32 heavy (non-hydrogen) atoms. The monoisotopic (exact) mass is 454 g/mol. The lowest BCUT2D eigenvalue weighted by Crippen LogP contribution is -2.25. The van der Waals surface area contributed by atoms with E-state index in [0.717, 1.165) is 12.8 Å². The van der Waals surface area contributed by atoms with E-state index in [2.05, 4.69) is 26.2 Å². The zero-order valence-electron chi connectivity index (χ0n) is 17.6. The number of hydrogen-bond acceptors (Lipinski definition) is 8. The Kier molecular flexibility index (Phi) is 6.55. The van der Waals surface area contributed by atoms with Crippen LogP contribution in [0.5, 0.6) is 11.5 Å². The van der Waals surface area contributed by atoms with Gasteiger partial charge in [0.25, 0.3) is 5.91 Å². The summed E-state index contributed by atoms with van der Waals surface area (Å²) < 4.78 is 12.2. The normalized spacial score (nSPS) is 12.8. The second-order valence-electron chi connectivity index (χ2n) is 7.08. The van der Waals surface area contributed by atoms with Crippen LogP contribution in [0.2, 0.25) is 0 Å². The van der Waals surface area contributed by atoms with E-state index in [-0.39, 0.29) is 23.6 Å². The van der Waals surface area contributed by atoms with Crippen molar-refractivity contribution >= 4 is 29.3 Å². The quantitative estimate of drug-likeness (QED) is 0.473. The molecule has 2 amide bonds. The summed E-state index contributed by atoms with van der Waals surface area (Å²) >= 11 is 1.17. The van der Waals surface area contributed by atoms with Gasteiger partial charge in [-0.3, -0.25) is 9.59 Å². The second kappa shape index (κ2) is 9.69. The number of thioether (sulfide) groups is 1. The van der Waals surface area contributed by atoms with Crippen LogP contribution in [-0.2, 0) is 4.79 Å². The molecule has 0 saturated heterocycles. The summed E-state index contributed by atoms with van der Waals surface area (Å²) in [6, 6.07) is 12.4. The molecule has 1 fully saturated rings. The maximum absolute atomic E-state index is 12.5. The van der Waals surface area contributed by atoms with E-state index in [0.29, 0.717) is 33.6 Å². The maximum atomic E-state index is 12.5. The van der Waals surface area contributed by atoms with E-state index in [1.807, 2.05) is 0 Å². The van der Waals surface area contributed by atoms with E-state index < -0.39 is 0 Å². The number of methoxy groups -OCH3 is 2. The van der Waals surface area contributed by atoms with Gasteiger partial charge < -0.3 is 20.1 Å². The minimum absolute atomic E-state index is 0.0746. The van der Waals surface area contributed by atoms with Crippen LogP contribution in [0.25, 0.3) is 5.69 Å². The van der Waals surface area contributed by atoms with Crippen molar-refractivity contribution in [2.24, 2.45) is 0 Å². The van der Waals surface area contributed by atoms with Crippen molar-refractivity contribution in [3.63, 3.8) is 0 Å². The SMILES string of the molecule is COc1ccc(OC)c(-n2nnnc2SCC(=O)Nc2cccc(C(=O)NC3CC3)c2)c1. The molecule has 0 aliphatic heterocycles. The lowest BCUT2D eigenvalue weighted by atomic mass is 10.2. The number of anilines is 1. The molecule has 1 aliphatic carbocycles. The third-order valence-corrected chi connectivity index (χ3v) is 5.63. The molecule has 2 aromatic carbocycles. The van der Waals surface area contributed by atoms with Crippen molar-refractivity contribution in [2.75, 3.05) is 25.3 Å². The Morgan fingerprint density at radius 1 is 1.16 bits per heavy atom. The van der Waals surface area contributed by atoms with Gasteiger partial charge >= 0.3 is 0 Å². The average molecular weight is 455 g/mol. The number of carbonyl (C=O) groups excluding carboxylic acids is 2. The van der Waals surface area contributed by atoms with Crippen molar-refractivity contribution in [3.05, 3.63) is 48.0 Å². The van der Waals surface area contributed by atoms with Crippen LogP contribution in [0.15, 0.2) is 47.6 Å². The summed E-state index contributed by atoms with van der Waals surface area (Å²) in [7, 11) is 3.12. The maximum Gasteiger partial charge on any atom is 0.251 e. The number of ether oxygens (including phenoxy) is 2. The summed E-state index contributed by atoms with van der Waals surface area (Å²) in [6.07, 6.45) is 2.03. The molecule has 10 nitrogen and oxygen atoms in total. The minimum Gasteiger partial charge on any atom is -0.497 e. The van der Waals surface area contributed by atoms with Gasteiger partial charge in [0.05, 0.1) is 20.0 Å². The number of aromatic nitrogens is 4. The third kappa shape index (κ3) is 5.17. The molecule has 0 spiro atoms. The summed E-state index contributed by atoms with van der Waals surface area (Å²) in [6.45, 7) is 0. The number of nitrogens with one attached hydrogen (secondary N) is 2. The highest BCUT2D eigenvalue weighted by molar-refractivity contribution is 7.99. The number of rotatable bonds is 9. The van der Waals surface area contributed by atoms with Crippen LogP contribution < -0.4 is 20.1 Å². The topological polar surface area (TPSA) is 120 Å². The summed E-state index contributed by atoms with van der Waals surface area (Å²) in [5, 5.41) is 17.9. The fourth-order valence-corrected chi connectivity index (χ4v) is 3.63. The van der Waals surface area contributed by atoms with Crippen LogP contribution in [0.1, 0.15) is 23.2 Å². The Hall–Kier alpha value is -3.60. The number of benzene rings is 2. The van der Waals surface area contributed by atoms with E-state index >= 15 is 0 Å². The fraction of sp³-hybridized carbons (Fsp3) is 0.286. The molecule has 0 atom stereocenters. The Morgan fingerprint density at radius 3 is 2.75 bits per heavy atom. The smallest absolute Gasteiger partial charge is 0.251 e. The molecule has 166 valence electrons. The average Bonchev–Trinajstić information content (AvgIpc) is 3.50. The number of hydrogen-bond donors (Lipinski definition) is 2. The molecule has 1 aromatic heterocycles. The number of nitrogens with zero attached hydrogens (tertiary/aromatic N) is 4. The van der Waals surface area contributed by atoms with Crippen molar-refractivity contribution in [1.29, 1.82) is 0 Å². The molecule has 3 aromatic rings. The third-order valence-electron chi connectivity index (χ3n) is 4.71. The predicted molar refractivity (Wildman–Crippen MR) is 119 cm³/mol. The van der Waals surface area contributed by atoms with Gasteiger partial charge in [0.15, 0.2) is 0 Å². The molecule has 11 heteroatoms. The zero-order chi connectivity index (χ0) is 22.5. The van der Waals surface area contributed by atoms with Gasteiger partial charge in [-0.25, -0.2) is 0 Å². The van der Waals surface area contributed by atoms with Crippen molar-refractivity contribution in [2.45, 2.75) is 24.0 Å². The number of amides is 2. The first kappa shape index (κ1) is 21.6. The Morgan fingerprint density at radius 2 is 2.00 bits per heavy atom. The molecule has 4 rings (SSSR count). The highest BCUT2D eigenvalue weighted by atomic mass is 32.2. The summed E-state index contributed by atoms with van der Waals surface area (Å²) in [5.74, 6) is 0.873. The predicted octanol–water partition coefficient (Wildman–Crippen LogP) is 2.30. The Balaban J connectivity index is 1.41. The molecule has 1 aliphatic rings. The van der Waals surface area contributed by atoms with E-state index in [9.17, 15) is 9.59 Å². The van der Waals surface area contributed by atoms with Gasteiger partial charge in [-0.1, -0.05) is 17.8 Å². The van der Waals surface area contributed by atoms with Crippen LogP contribution in [0.3, 0.4) is 0 Å². The van der Waals surface area contributed by atoms with E-state index in [4.69, 9.17) is 9.47 Å². The van der Waals surface area contributed by atoms with Crippen LogP contribution >= 0.6 is 11.8 Å². The van der Waals surface area contributed by atoms with Gasteiger partial charge in [-0.05, 0) is 53.6 Å². The summed E-state index contributed by atoms with van der Waals surface area (Å²) in [5.41, 5.74) is 1.65.